The molecule has 3 nitrogen and oxygen atoms in total. The van der Waals surface area contributed by atoms with Crippen molar-refractivity contribution in [3.8, 4) is 11.5 Å². The molecule has 0 aliphatic rings. The highest BCUT2D eigenvalue weighted by atomic mass is 19.1. The van der Waals surface area contributed by atoms with Crippen molar-refractivity contribution in [3.05, 3.63) is 60.0 Å². The summed E-state index contributed by atoms with van der Waals surface area (Å²) in [5.41, 5.74) is 1.87. The number of ether oxygens (including phenoxy) is 1. The second kappa shape index (κ2) is 5.48. The molecule has 0 unspecified atom stereocenters. The second-order valence-electron chi connectivity index (χ2n) is 4.87. The lowest BCUT2D eigenvalue weighted by molar-refractivity contribution is 0.295. The maximum atomic E-state index is 13.4. The first kappa shape index (κ1) is 13.5. The predicted molar refractivity (Wildman–Crippen MR) is 80.0 cm³/mol. The lowest BCUT2D eigenvalue weighted by Crippen LogP contribution is -2.04. The van der Waals surface area contributed by atoms with E-state index in [1.54, 1.807) is 36.4 Å². The van der Waals surface area contributed by atoms with Crippen molar-refractivity contribution in [2.75, 3.05) is 0 Å². The van der Waals surface area contributed by atoms with Crippen LogP contribution in [-0.2, 0) is 13.2 Å². The van der Waals surface area contributed by atoms with E-state index in [1.807, 2.05) is 17.6 Å². The van der Waals surface area contributed by atoms with Crippen molar-refractivity contribution in [2.45, 2.75) is 20.1 Å². The highest BCUT2D eigenvalue weighted by molar-refractivity contribution is 5.81. The number of aryl methyl sites for hydroxylation is 1. The van der Waals surface area contributed by atoms with E-state index in [9.17, 15) is 9.50 Å². The molecular weight excluding hydrogens is 269 g/mol. The van der Waals surface area contributed by atoms with Gasteiger partial charge in [0.05, 0.1) is 11.2 Å². The first-order chi connectivity index (χ1) is 10.2. The number of rotatable bonds is 4. The van der Waals surface area contributed by atoms with Gasteiger partial charge in [0, 0.05) is 11.9 Å². The smallest absolute Gasteiger partial charge is 0.128 e. The van der Waals surface area contributed by atoms with Crippen LogP contribution in [0.1, 0.15) is 12.6 Å². The van der Waals surface area contributed by atoms with Crippen LogP contribution in [0, 0.1) is 5.82 Å². The number of fused-ring (bicyclic) bond motifs is 1. The van der Waals surface area contributed by atoms with Crippen LogP contribution in [0.3, 0.4) is 0 Å². The minimum atomic E-state index is -0.235. The van der Waals surface area contributed by atoms with Crippen LogP contribution in [-0.4, -0.2) is 9.67 Å². The highest BCUT2D eigenvalue weighted by Gasteiger charge is 2.09. The van der Waals surface area contributed by atoms with E-state index in [4.69, 9.17) is 4.74 Å². The standard InChI is InChI=1S/C17H16FNO2/c1-2-19-14(9-12-3-4-13(18)10-17(12)19)11-21-16-7-5-15(20)6-8-16/h3-10,20H,2,11H2,1H3. The number of aromatic nitrogens is 1. The fourth-order valence-electron chi connectivity index (χ4n) is 2.48. The molecule has 0 spiro atoms. The Morgan fingerprint density at radius 3 is 2.57 bits per heavy atom. The number of halogens is 1. The normalized spacial score (nSPS) is 11.0. The van der Waals surface area contributed by atoms with Crippen molar-refractivity contribution >= 4 is 10.9 Å². The summed E-state index contributed by atoms with van der Waals surface area (Å²) in [6, 6.07) is 13.4. The molecule has 4 heteroatoms. The van der Waals surface area contributed by atoms with Crippen LogP contribution in [0.2, 0.25) is 0 Å². The van der Waals surface area contributed by atoms with Gasteiger partial charge >= 0.3 is 0 Å². The Labute approximate surface area is 122 Å². The van der Waals surface area contributed by atoms with E-state index in [-0.39, 0.29) is 11.6 Å². The molecule has 0 amide bonds. The zero-order chi connectivity index (χ0) is 14.8. The molecule has 0 aliphatic carbocycles. The van der Waals surface area contributed by atoms with Crippen molar-refractivity contribution in [3.63, 3.8) is 0 Å². The van der Waals surface area contributed by atoms with Gasteiger partial charge in [-0.1, -0.05) is 0 Å². The van der Waals surface area contributed by atoms with Crippen LogP contribution in [0.25, 0.3) is 10.9 Å². The Kier molecular flexibility index (Phi) is 3.52. The first-order valence-corrected chi connectivity index (χ1v) is 6.87. The number of hydrogen-bond acceptors (Lipinski definition) is 2. The van der Waals surface area contributed by atoms with Crippen molar-refractivity contribution in [1.29, 1.82) is 0 Å². The van der Waals surface area contributed by atoms with E-state index in [0.717, 1.165) is 23.1 Å². The summed E-state index contributed by atoms with van der Waals surface area (Å²) in [4.78, 5) is 0. The predicted octanol–water partition coefficient (Wildman–Crippen LogP) is 4.08. The molecule has 1 heterocycles. The summed E-state index contributed by atoms with van der Waals surface area (Å²) in [6.45, 7) is 3.17. The molecule has 0 radical (unpaired) electrons. The number of nitrogens with zero attached hydrogens (tertiary/aromatic N) is 1. The fourth-order valence-corrected chi connectivity index (χ4v) is 2.48. The number of hydrogen-bond donors (Lipinski definition) is 1. The summed E-state index contributed by atoms with van der Waals surface area (Å²) in [7, 11) is 0. The molecular formula is C17H16FNO2. The Balaban J connectivity index is 1.88. The summed E-state index contributed by atoms with van der Waals surface area (Å²) in [5.74, 6) is 0.661. The van der Waals surface area contributed by atoms with E-state index >= 15 is 0 Å². The van der Waals surface area contributed by atoms with Crippen LogP contribution in [0.5, 0.6) is 11.5 Å². The quantitative estimate of drug-likeness (QED) is 0.783. The van der Waals surface area contributed by atoms with Gasteiger partial charge in [0.2, 0.25) is 0 Å². The van der Waals surface area contributed by atoms with Crippen LogP contribution in [0.15, 0.2) is 48.5 Å². The third-order valence-electron chi connectivity index (χ3n) is 3.49. The average Bonchev–Trinajstić information content (AvgIpc) is 2.83. The third kappa shape index (κ3) is 2.70. The monoisotopic (exact) mass is 285 g/mol. The minimum Gasteiger partial charge on any atom is -0.508 e. The van der Waals surface area contributed by atoms with Crippen molar-refractivity contribution in [1.82, 2.24) is 4.57 Å². The van der Waals surface area contributed by atoms with Gasteiger partial charge in [-0.15, -0.1) is 0 Å². The molecule has 0 aliphatic heterocycles. The molecule has 1 N–H and O–H groups in total. The van der Waals surface area contributed by atoms with E-state index in [1.165, 1.54) is 6.07 Å². The van der Waals surface area contributed by atoms with Crippen LogP contribution < -0.4 is 4.74 Å². The maximum Gasteiger partial charge on any atom is 0.128 e. The van der Waals surface area contributed by atoms with Gasteiger partial charge in [-0.05, 0) is 55.5 Å². The minimum absolute atomic E-state index is 0.209. The van der Waals surface area contributed by atoms with Gasteiger partial charge in [0.25, 0.3) is 0 Å². The van der Waals surface area contributed by atoms with Gasteiger partial charge in [-0.25, -0.2) is 4.39 Å². The summed E-state index contributed by atoms with van der Waals surface area (Å²) < 4.78 is 21.1. The molecule has 0 atom stereocenters. The number of phenolic OH excluding ortho intramolecular Hbond substituents is 1. The van der Waals surface area contributed by atoms with Gasteiger partial charge in [-0.3, -0.25) is 0 Å². The largest absolute Gasteiger partial charge is 0.508 e. The SMILES string of the molecule is CCn1c(COc2ccc(O)cc2)cc2ccc(F)cc21. The van der Waals surface area contributed by atoms with E-state index in [2.05, 4.69) is 0 Å². The first-order valence-electron chi connectivity index (χ1n) is 6.87. The summed E-state index contributed by atoms with van der Waals surface area (Å²) >= 11 is 0. The van der Waals surface area contributed by atoms with Gasteiger partial charge in [-0.2, -0.15) is 0 Å². The number of phenols is 1. The molecule has 21 heavy (non-hydrogen) atoms. The van der Waals surface area contributed by atoms with Gasteiger partial charge in [0.1, 0.15) is 23.9 Å². The zero-order valence-electron chi connectivity index (χ0n) is 11.7. The molecule has 2 aromatic carbocycles. The van der Waals surface area contributed by atoms with E-state index in [0.29, 0.717) is 12.4 Å². The zero-order valence-corrected chi connectivity index (χ0v) is 11.7. The average molecular weight is 285 g/mol. The maximum absolute atomic E-state index is 13.4. The van der Waals surface area contributed by atoms with Gasteiger partial charge in [0.15, 0.2) is 0 Å². The van der Waals surface area contributed by atoms with E-state index < -0.39 is 0 Å². The van der Waals surface area contributed by atoms with Crippen LogP contribution >= 0.6 is 0 Å². The van der Waals surface area contributed by atoms with Crippen molar-refractivity contribution in [2.24, 2.45) is 0 Å². The lowest BCUT2D eigenvalue weighted by atomic mass is 10.2. The molecule has 1 aromatic heterocycles. The molecule has 108 valence electrons. The second-order valence-corrected chi connectivity index (χ2v) is 4.87. The molecule has 3 rings (SSSR count). The number of aromatic hydroxyl groups is 1. The molecule has 0 saturated carbocycles. The molecule has 0 fully saturated rings. The summed E-state index contributed by atoms with van der Waals surface area (Å²) in [6.07, 6.45) is 0. The molecule has 3 aromatic rings. The lowest BCUT2D eigenvalue weighted by Gasteiger charge is -2.10. The van der Waals surface area contributed by atoms with Gasteiger partial charge < -0.3 is 14.4 Å². The Morgan fingerprint density at radius 1 is 1.10 bits per heavy atom. The third-order valence-corrected chi connectivity index (χ3v) is 3.49. The fraction of sp³-hybridized carbons (Fsp3) is 0.176. The summed E-state index contributed by atoms with van der Waals surface area (Å²) in [5, 5.41) is 10.3. The van der Waals surface area contributed by atoms with Crippen molar-refractivity contribution < 1.29 is 14.2 Å². The molecule has 0 bridgehead atoms. The Morgan fingerprint density at radius 2 is 1.86 bits per heavy atom. The Hall–Kier alpha value is -2.49. The highest BCUT2D eigenvalue weighted by Crippen LogP contribution is 2.23. The molecule has 0 saturated heterocycles. The number of benzene rings is 2. The Bertz CT molecular complexity index is 762. The van der Waals surface area contributed by atoms with Crippen LogP contribution in [0.4, 0.5) is 4.39 Å². The topological polar surface area (TPSA) is 34.4 Å².